The Bertz CT molecular complexity index is 1680. The zero-order chi connectivity index (χ0) is 29.6. The van der Waals surface area contributed by atoms with Crippen LogP contribution in [0.1, 0.15) is 44.7 Å². The third-order valence-electron chi connectivity index (χ3n) is 10.9. The van der Waals surface area contributed by atoms with Gasteiger partial charge in [0.1, 0.15) is 34.5 Å². The maximum atomic E-state index is 14.8. The molecule has 6 aliphatic carbocycles. The SMILES string of the molecule is COc1cc(OC)c2c(c1)C(=O)C13C(=C2O)C(=O)C2CC1C1CC3C(=O)C3=C(O)c4c(OC)cc(OC)cc4C(=O)C321. The number of fused-ring (bicyclic) bond motifs is 4. The number of Topliss-reactive ketones (excluding diaryl/α,β-unsaturated/α-hetero) is 4. The standard InChI is InChI=1S/C32H26O10/c1-39-11-5-13-21(19(7-11)41-3)27(35)23-26(34)18-9-15-16-10-17(31(15,23)29(13)37)25(33)24-28(36)22-14(30(38)32(16,18)24)6-12(40-2)8-20(22)42-4/h5-8,15-18,35-36H,9-10H2,1-4H3. The third-order valence-corrected chi connectivity index (χ3v) is 10.9. The molecule has 2 spiro atoms. The zero-order valence-electron chi connectivity index (χ0n) is 23.2. The molecule has 6 unspecified atom stereocenters. The van der Waals surface area contributed by atoms with Gasteiger partial charge in [-0.3, -0.25) is 19.2 Å². The van der Waals surface area contributed by atoms with E-state index in [1.165, 1.54) is 52.7 Å². The van der Waals surface area contributed by atoms with Gasteiger partial charge in [-0.25, -0.2) is 0 Å². The first-order valence-corrected chi connectivity index (χ1v) is 13.7. The molecule has 0 radical (unpaired) electrons. The van der Waals surface area contributed by atoms with Gasteiger partial charge in [-0.15, -0.1) is 0 Å². The van der Waals surface area contributed by atoms with E-state index in [1.54, 1.807) is 0 Å². The molecular weight excluding hydrogens is 544 g/mol. The summed E-state index contributed by atoms with van der Waals surface area (Å²) in [6, 6.07) is 5.99. The number of ether oxygens (including phenoxy) is 4. The minimum Gasteiger partial charge on any atom is -0.507 e. The van der Waals surface area contributed by atoms with E-state index in [9.17, 15) is 29.4 Å². The number of aliphatic hydroxyl groups is 2. The van der Waals surface area contributed by atoms with E-state index < -0.39 is 69.2 Å². The van der Waals surface area contributed by atoms with Gasteiger partial charge in [0, 0.05) is 35.1 Å². The second kappa shape index (κ2) is 7.61. The molecule has 10 nitrogen and oxygen atoms in total. The lowest BCUT2D eigenvalue weighted by Crippen LogP contribution is -2.59. The summed E-state index contributed by atoms with van der Waals surface area (Å²) >= 11 is 0. The van der Waals surface area contributed by atoms with Gasteiger partial charge < -0.3 is 29.2 Å². The van der Waals surface area contributed by atoms with Crippen LogP contribution in [0.25, 0.3) is 11.5 Å². The predicted molar refractivity (Wildman–Crippen MR) is 145 cm³/mol. The van der Waals surface area contributed by atoms with Gasteiger partial charge in [-0.1, -0.05) is 0 Å². The quantitative estimate of drug-likeness (QED) is 0.557. The number of ketones is 4. The highest BCUT2D eigenvalue weighted by Gasteiger charge is 2.84. The number of hydrogen-bond acceptors (Lipinski definition) is 10. The normalized spacial score (nSPS) is 33.0. The van der Waals surface area contributed by atoms with Crippen molar-refractivity contribution in [1.82, 2.24) is 0 Å². The number of methoxy groups -OCH3 is 4. The molecule has 4 fully saturated rings. The highest BCUT2D eigenvalue weighted by atomic mass is 16.5. The minimum absolute atomic E-state index is 0.0660. The maximum Gasteiger partial charge on any atom is 0.175 e. The molecule has 2 N–H and O–H groups in total. The van der Waals surface area contributed by atoms with E-state index >= 15 is 0 Å². The Morgan fingerprint density at radius 2 is 1.00 bits per heavy atom. The third kappa shape index (κ3) is 2.28. The number of hydrogen-bond donors (Lipinski definition) is 2. The molecule has 6 aliphatic rings. The average Bonchev–Trinajstić information content (AvgIpc) is 3.48. The second-order valence-electron chi connectivity index (χ2n) is 11.9. The zero-order valence-corrected chi connectivity index (χ0v) is 23.2. The van der Waals surface area contributed by atoms with Crippen LogP contribution in [0.2, 0.25) is 0 Å². The Kier molecular flexibility index (Phi) is 4.56. The second-order valence-corrected chi connectivity index (χ2v) is 11.9. The van der Waals surface area contributed by atoms with Crippen LogP contribution in [-0.2, 0) is 9.59 Å². The summed E-state index contributed by atoms with van der Waals surface area (Å²) in [5.41, 5.74) is -3.32. The first-order valence-electron chi connectivity index (χ1n) is 13.7. The van der Waals surface area contributed by atoms with Crippen LogP contribution in [0.15, 0.2) is 35.4 Å². The van der Waals surface area contributed by atoms with Gasteiger partial charge >= 0.3 is 0 Å². The lowest BCUT2D eigenvalue weighted by atomic mass is 9.47. The summed E-state index contributed by atoms with van der Waals surface area (Å²) in [7, 11) is 5.62. The van der Waals surface area contributed by atoms with Crippen LogP contribution in [0, 0.1) is 34.5 Å². The van der Waals surface area contributed by atoms with Crippen molar-refractivity contribution in [3.63, 3.8) is 0 Å². The predicted octanol–water partition coefficient (Wildman–Crippen LogP) is 3.76. The Morgan fingerprint density at radius 1 is 0.619 bits per heavy atom. The van der Waals surface area contributed by atoms with Gasteiger partial charge in [0.15, 0.2) is 23.1 Å². The van der Waals surface area contributed by atoms with Crippen molar-refractivity contribution in [3.8, 4) is 23.0 Å². The molecular formula is C32H26O10. The molecule has 10 heteroatoms. The summed E-state index contributed by atoms with van der Waals surface area (Å²) in [6.45, 7) is 0. The molecule has 0 aliphatic heterocycles. The van der Waals surface area contributed by atoms with Gasteiger partial charge in [0.05, 0.1) is 61.5 Å². The van der Waals surface area contributed by atoms with Crippen molar-refractivity contribution < 1.29 is 48.3 Å². The monoisotopic (exact) mass is 570 g/mol. The highest BCUT2D eigenvalue weighted by Crippen LogP contribution is 2.80. The lowest BCUT2D eigenvalue weighted by Gasteiger charge is -2.51. The van der Waals surface area contributed by atoms with E-state index in [4.69, 9.17) is 18.9 Å². The van der Waals surface area contributed by atoms with Crippen LogP contribution >= 0.6 is 0 Å². The Morgan fingerprint density at radius 3 is 1.33 bits per heavy atom. The fourth-order valence-corrected chi connectivity index (χ4v) is 9.62. The Hall–Kier alpha value is -4.60. The van der Waals surface area contributed by atoms with E-state index in [1.807, 2.05) is 0 Å². The summed E-state index contributed by atoms with van der Waals surface area (Å²) in [6.07, 6.45) is 0.344. The Balaban J connectivity index is 1.47. The Labute approximate surface area is 239 Å². The van der Waals surface area contributed by atoms with Crippen molar-refractivity contribution in [2.24, 2.45) is 34.5 Å². The van der Waals surface area contributed by atoms with Gasteiger partial charge in [-0.2, -0.15) is 0 Å². The molecule has 0 heterocycles. The molecule has 8 rings (SSSR count). The number of carbonyl (C=O) groups excluding carboxylic acids is 4. The molecule has 214 valence electrons. The fraction of sp³-hybridized carbons (Fsp3) is 0.375. The molecule has 6 atom stereocenters. The van der Waals surface area contributed by atoms with Crippen LogP contribution in [0.5, 0.6) is 23.0 Å². The molecule has 4 saturated carbocycles. The van der Waals surface area contributed by atoms with Crippen molar-refractivity contribution in [2.75, 3.05) is 28.4 Å². The molecule has 4 bridgehead atoms. The smallest absolute Gasteiger partial charge is 0.175 e. The lowest BCUT2D eigenvalue weighted by molar-refractivity contribution is -0.131. The molecule has 0 saturated heterocycles. The molecule has 42 heavy (non-hydrogen) atoms. The van der Waals surface area contributed by atoms with E-state index in [0.717, 1.165) is 0 Å². The highest BCUT2D eigenvalue weighted by molar-refractivity contribution is 6.30. The van der Waals surface area contributed by atoms with E-state index in [0.29, 0.717) is 11.5 Å². The van der Waals surface area contributed by atoms with Crippen molar-refractivity contribution >= 4 is 34.7 Å². The van der Waals surface area contributed by atoms with Crippen LogP contribution < -0.4 is 18.9 Å². The van der Waals surface area contributed by atoms with Gasteiger partial charge in [-0.05, 0) is 36.8 Å². The van der Waals surface area contributed by atoms with Gasteiger partial charge in [0.25, 0.3) is 0 Å². The van der Waals surface area contributed by atoms with E-state index in [-0.39, 0.29) is 57.7 Å². The largest absolute Gasteiger partial charge is 0.507 e. The summed E-state index contributed by atoms with van der Waals surface area (Å²) in [5.74, 6) is -5.31. The van der Waals surface area contributed by atoms with Crippen LogP contribution in [0.3, 0.4) is 0 Å². The number of aliphatic hydroxyl groups excluding tert-OH is 2. The number of rotatable bonds is 4. The summed E-state index contributed by atoms with van der Waals surface area (Å²) in [5, 5.41) is 23.6. The first-order chi connectivity index (χ1) is 20.1. The molecule has 2 aromatic carbocycles. The maximum absolute atomic E-state index is 14.8. The minimum atomic E-state index is -1.69. The number of benzene rings is 2. The topological polar surface area (TPSA) is 146 Å². The van der Waals surface area contributed by atoms with Crippen molar-refractivity contribution in [3.05, 3.63) is 57.7 Å². The van der Waals surface area contributed by atoms with Crippen LogP contribution in [-0.4, -0.2) is 61.8 Å². The van der Waals surface area contributed by atoms with Crippen molar-refractivity contribution in [1.29, 1.82) is 0 Å². The summed E-state index contributed by atoms with van der Waals surface area (Å²) in [4.78, 5) is 58.8. The summed E-state index contributed by atoms with van der Waals surface area (Å²) < 4.78 is 21.8. The fourth-order valence-electron chi connectivity index (χ4n) is 9.62. The number of allylic oxidation sites excluding steroid dienone is 2. The van der Waals surface area contributed by atoms with Crippen molar-refractivity contribution in [2.45, 2.75) is 12.8 Å². The molecule has 0 amide bonds. The molecule has 2 aromatic rings. The first kappa shape index (κ1) is 25.1. The van der Waals surface area contributed by atoms with Gasteiger partial charge in [0.2, 0.25) is 0 Å². The average molecular weight is 571 g/mol. The molecule has 0 aromatic heterocycles. The van der Waals surface area contributed by atoms with Crippen LogP contribution in [0.4, 0.5) is 0 Å². The number of carbonyl (C=O) groups is 4. The van der Waals surface area contributed by atoms with E-state index in [2.05, 4.69) is 0 Å².